The Labute approximate surface area is 155 Å². The van der Waals surface area contributed by atoms with Crippen LogP contribution >= 0.6 is 0 Å². The number of anilines is 2. The molecule has 0 saturated carbocycles. The predicted octanol–water partition coefficient (Wildman–Crippen LogP) is 0.933. The summed E-state index contributed by atoms with van der Waals surface area (Å²) in [5.74, 6) is -0.468. The number of hydrogen-bond donors (Lipinski definition) is 2. The van der Waals surface area contributed by atoms with Crippen LogP contribution in [0.5, 0.6) is 0 Å². The molecule has 1 saturated heterocycles. The van der Waals surface area contributed by atoms with E-state index < -0.39 is 5.91 Å². The van der Waals surface area contributed by atoms with Crippen molar-refractivity contribution in [2.75, 3.05) is 23.3 Å². The second-order valence-electron chi connectivity index (χ2n) is 5.06. The van der Waals surface area contributed by atoms with Gasteiger partial charge in [-0.1, -0.05) is 6.07 Å². The van der Waals surface area contributed by atoms with Crippen LogP contribution in [-0.2, 0) is 0 Å². The predicted molar refractivity (Wildman–Crippen MR) is 85.1 cm³/mol. The maximum atomic E-state index is 12.0. The SMILES string of the molecule is N#Cc1c(NC(=O)c2nnn[nH]2)cccc1N1CCCCC1.[Na]. The van der Waals surface area contributed by atoms with Crippen molar-refractivity contribution in [2.45, 2.75) is 19.3 Å². The van der Waals surface area contributed by atoms with Crippen molar-refractivity contribution in [1.82, 2.24) is 20.6 Å². The molecule has 1 aliphatic rings. The minimum absolute atomic E-state index is 0. The molecule has 3 rings (SSSR count). The van der Waals surface area contributed by atoms with Gasteiger partial charge in [-0.2, -0.15) is 5.26 Å². The Kier molecular flexibility index (Phi) is 6.10. The van der Waals surface area contributed by atoms with Crippen molar-refractivity contribution in [3.05, 3.63) is 29.6 Å². The molecule has 23 heavy (non-hydrogen) atoms. The Hall–Kier alpha value is -1.95. The van der Waals surface area contributed by atoms with Gasteiger partial charge in [0.05, 0.1) is 16.9 Å². The first-order chi connectivity index (χ1) is 10.8. The average molecular weight is 320 g/mol. The molecule has 0 aliphatic carbocycles. The number of carbonyl (C=O) groups is 1. The zero-order valence-corrected chi connectivity index (χ0v) is 14.9. The summed E-state index contributed by atoms with van der Waals surface area (Å²) in [5.41, 5.74) is 1.79. The molecule has 0 spiro atoms. The quantitative estimate of drug-likeness (QED) is 0.814. The van der Waals surface area contributed by atoms with Gasteiger partial charge in [-0.25, -0.2) is 5.10 Å². The van der Waals surface area contributed by atoms with Gasteiger partial charge in [0, 0.05) is 42.6 Å². The van der Waals surface area contributed by atoms with Crippen molar-refractivity contribution in [3.8, 4) is 6.07 Å². The minimum Gasteiger partial charge on any atom is -0.370 e. The second-order valence-corrected chi connectivity index (χ2v) is 5.06. The molecule has 1 amide bonds. The van der Waals surface area contributed by atoms with Gasteiger partial charge >= 0.3 is 0 Å². The molecule has 0 bridgehead atoms. The van der Waals surface area contributed by atoms with Gasteiger partial charge in [0.25, 0.3) is 5.91 Å². The molecule has 113 valence electrons. The summed E-state index contributed by atoms with van der Waals surface area (Å²) in [4.78, 5) is 14.2. The Morgan fingerprint density at radius 1 is 1.30 bits per heavy atom. The molecule has 1 aromatic heterocycles. The smallest absolute Gasteiger partial charge is 0.294 e. The van der Waals surface area contributed by atoms with E-state index in [2.05, 4.69) is 36.9 Å². The number of H-pyrrole nitrogens is 1. The Morgan fingerprint density at radius 3 is 2.74 bits per heavy atom. The zero-order chi connectivity index (χ0) is 15.4. The maximum Gasteiger partial charge on any atom is 0.294 e. The summed E-state index contributed by atoms with van der Waals surface area (Å²) >= 11 is 0. The summed E-state index contributed by atoms with van der Waals surface area (Å²) in [5, 5.41) is 24.9. The molecule has 1 fully saturated rings. The average Bonchev–Trinajstić information content (AvgIpc) is 3.10. The molecule has 2 heterocycles. The van der Waals surface area contributed by atoms with Crippen LogP contribution in [-0.4, -0.2) is 69.2 Å². The van der Waals surface area contributed by atoms with Gasteiger partial charge in [-0.3, -0.25) is 4.79 Å². The van der Waals surface area contributed by atoms with Crippen LogP contribution < -0.4 is 10.2 Å². The molecule has 2 N–H and O–H groups in total. The van der Waals surface area contributed by atoms with Crippen molar-refractivity contribution in [2.24, 2.45) is 0 Å². The topological polar surface area (TPSA) is 111 Å². The van der Waals surface area contributed by atoms with Gasteiger partial charge in [0.1, 0.15) is 6.07 Å². The third-order valence-electron chi connectivity index (χ3n) is 3.66. The number of aromatic nitrogens is 4. The molecule has 1 radical (unpaired) electrons. The molecule has 8 nitrogen and oxygen atoms in total. The zero-order valence-electron chi connectivity index (χ0n) is 12.9. The normalized spacial score (nSPS) is 13.8. The molecule has 0 atom stereocenters. The van der Waals surface area contributed by atoms with Gasteiger partial charge < -0.3 is 10.2 Å². The first-order valence-electron chi connectivity index (χ1n) is 7.13. The van der Waals surface area contributed by atoms with E-state index >= 15 is 0 Å². The van der Waals surface area contributed by atoms with E-state index in [0.717, 1.165) is 31.6 Å². The number of nitriles is 1. The number of carbonyl (C=O) groups excluding carboxylic acids is 1. The summed E-state index contributed by atoms with van der Waals surface area (Å²) in [6.07, 6.45) is 3.45. The minimum atomic E-state index is -0.475. The number of tetrazole rings is 1. The first-order valence-corrected chi connectivity index (χ1v) is 7.13. The molecular formula is C14H15N7NaO. The van der Waals surface area contributed by atoms with Crippen LogP contribution in [0.1, 0.15) is 35.4 Å². The number of nitrogens with one attached hydrogen (secondary N) is 2. The van der Waals surface area contributed by atoms with Crippen molar-refractivity contribution in [3.63, 3.8) is 0 Å². The fourth-order valence-electron chi connectivity index (χ4n) is 2.60. The number of piperidine rings is 1. The molecule has 0 unspecified atom stereocenters. The van der Waals surface area contributed by atoms with E-state index in [1.165, 1.54) is 6.42 Å². The van der Waals surface area contributed by atoms with Gasteiger partial charge in [-0.05, 0) is 41.8 Å². The number of nitrogens with zero attached hydrogens (tertiary/aromatic N) is 5. The summed E-state index contributed by atoms with van der Waals surface area (Å²) < 4.78 is 0. The second kappa shape index (κ2) is 8.06. The molecule has 1 aromatic carbocycles. The van der Waals surface area contributed by atoms with E-state index in [1.54, 1.807) is 6.07 Å². The van der Waals surface area contributed by atoms with Crippen LogP contribution in [0.25, 0.3) is 0 Å². The number of benzene rings is 1. The van der Waals surface area contributed by atoms with E-state index in [0.29, 0.717) is 11.3 Å². The van der Waals surface area contributed by atoms with Crippen LogP contribution in [0.2, 0.25) is 0 Å². The number of rotatable bonds is 3. The maximum absolute atomic E-state index is 12.0. The van der Waals surface area contributed by atoms with Gasteiger partial charge in [-0.15, -0.1) is 5.10 Å². The van der Waals surface area contributed by atoms with Crippen molar-refractivity contribution >= 4 is 46.8 Å². The Bertz CT molecular complexity index is 704. The summed E-state index contributed by atoms with van der Waals surface area (Å²) in [6, 6.07) is 7.64. The standard InChI is InChI=1S/C14H15N7O.Na/c15-9-10-11(16-14(22)13-17-19-20-18-13)5-4-6-12(10)21-7-2-1-3-8-21;/h4-6H,1-3,7-8H2,(H,16,22)(H,17,18,19,20);. The van der Waals surface area contributed by atoms with Gasteiger partial charge in [0.2, 0.25) is 5.82 Å². The fraction of sp³-hybridized carbons (Fsp3) is 0.357. The summed E-state index contributed by atoms with van der Waals surface area (Å²) in [6.45, 7) is 1.86. The van der Waals surface area contributed by atoms with Crippen LogP contribution in [0.15, 0.2) is 18.2 Å². The number of aromatic amines is 1. The molecular weight excluding hydrogens is 305 g/mol. The molecule has 9 heteroatoms. The molecule has 1 aliphatic heterocycles. The molecule has 2 aromatic rings. The fourth-order valence-corrected chi connectivity index (χ4v) is 2.60. The largest absolute Gasteiger partial charge is 0.370 e. The van der Waals surface area contributed by atoms with Crippen LogP contribution in [0.4, 0.5) is 11.4 Å². The Balaban J connectivity index is 0.00000192. The van der Waals surface area contributed by atoms with E-state index in [4.69, 9.17) is 0 Å². The van der Waals surface area contributed by atoms with Crippen molar-refractivity contribution in [1.29, 1.82) is 5.26 Å². The summed E-state index contributed by atoms with van der Waals surface area (Å²) in [7, 11) is 0. The van der Waals surface area contributed by atoms with Crippen LogP contribution in [0.3, 0.4) is 0 Å². The van der Waals surface area contributed by atoms with Gasteiger partial charge in [0.15, 0.2) is 0 Å². The number of hydrogen-bond acceptors (Lipinski definition) is 6. The van der Waals surface area contributed by atoms with Crippen LogP contribution in [0, 0.1) is 11.3 Å². The van der Waals surface area contributed by atoms with E-state index in [-0.39, 0.29) is 35.4 Å². The Morgan fingerprint density at radius 2 is 2.09 bits per heavy atom. The third kappa shape index (κ3) is 3.88. The number of amides is 1. The first kappa shape index (κ1) is 17.4. The van der Waals surface area contributed by atoms with E-state index in [9.17, 15) is 10.1 Å². The van der Waals surface area contributed by atoms with Crippen molar-refractivity contribution < 1.29 is 4.79 Å². The monoisotopic (exact) mass is 320 g/mol. The van der Waals surface area contributed by atoms with E-state index in [1.807, 2.05) is 12.1 Å². The third-order valence-corrected chi connectivity index (χ3v) is 3.66.